The number of aryl methyl sites for hydroxylation is 2. The second-order valence-electron chi connectivity index (χ2n) is 6.68. The van der Waals surface area contributed by atoms with Crippen LogP contribution in [0.4, 0.5) is 0 Å². The fraction of sp³-hybridized carbons (Fsp3) is 0.364. The predicted molar refractivity (Wildman–Crippen MR) is 107 cm³/mol. The number of para-hydroxylation sites is 1. The Morgan fingerprint density at radius 1 is 0.964 bits per heavy atom. The van der Waals surface area contributed by atoms with Crippen LogP contribution in [-0.2, 0) is 16.1 Å². The van der Waals surface area contributed by atoms with Gasteiger partial charge in [-0.1, -0.05) is 24.3 Å². The Labute approximate surface area is 165 Å². The van der Waals surface area contributed by atoms with Gasteiger partial charge in [0.2, 0.25) is 5.91 Å². The highest BCUT2D eigenvalue weighted by Crippen LogP contribution is 2.23. The minimum absolute atomic E-state index is 0.0402. The van der Waals surface area contributed by atoms with Crippen LogP contribution in [0.5, 0.6) is 11.5 Å². The second-order valence-corrected chi connectivity index (χ2v) is 6.68. The molecule has 0 radical (unpaired) electrons. The van der Waals surface area contributed by atoms with E-state index in [4.69, 9.17) is 14.6 Å². The zero-order chi connectivity index (χ0) is 20.5. The standard InChI is InChI=1S/C22H27NO5/c1-15-12-16(2)17(3)20(13-15)28-11-10-27-19-7-5-4-6-18(19)14-23-21(24)8-9-22(25)26/h4-7,12-13H,8-11,14H2,1-3H3,(H,23,24)(H,25,26). The van der Waals surface area contributed by atoms with Crippen LogP contribution in [0.1, 0.15) is 35.1 Å². The maximum absolute atomic E-state index is 11.7. The Morgan fingerprint density at radius 3 is 2.36 bits per heavy atom. The molecule has 0 unspecified atom stereocenters. The van der Waals surface area contributed by atoms with Crippen LogP contribution in [0.3, 0.4) is 0 Å². The summed E-state index contributed by atoms with van der Waals surface area (Å²) in [6, 6.07) is 11.6. The summed E-state index contributed by atoms with van der Waals surface area (Å²) in [5.41, 5.74) is 4.30. The molecule has 0 heterocycles. The van der Waals surface area contributed by atoms with Gasteiger partial charge in [0.05, 0.1) is 6.42 Å². The summed E-state index contributed by atoms with van der Waals surface area (Å²) >= 11 is 0. The third kappa shape index (κ3) is 6.61. The first-order valence-corrected chi connectivity index (χ1v) is 9.26. The molecule has 0 aromatic heterocycles. The molecular formula is C22H27NO5. The van der Waals surface area contributed by atoms with Gasteiger partial charge in [0.25, 0.3) is 0 Å². The molecule has 1 amide bonds. The Hall–Kier alpha value is -3.02. The van der Waals surface area contributed by atoms with Gasteiger partial charge < -0.3 is 19.9 Å². The molecule has 28 heavy (non-hydrogen) atoms. The molecule has 2 N–H and O–H groups in total. The predicted octanol–water partition coefficient (Wildman–Crippen LogP) is 3.55. The van der Waals surface area contributed by atoms with Crippen molar-refractivity contribution in [2.75, 3.05) is 13.2 Å². The molecule has 2 aromatic carbocycles. The Kier molecular flexibility index (Phi) is 7.87. The molecule has 0 saturated heterocycles. The van der Waals surface area contributed by atoms with Crippen LogP contribution in [0.2, 0.25) is 0 Å². The molecule has 0 saturated carbocycles. The number of carbonyl (C=O) groups is 2. The van der Waals surface area contributed by atoms with Crippen molar-refractivity contribution < 1.29 is 24.2 Å². The number of rotatable bonds is 10. The van der Waals surface area contributed by atoms with E-state index in [-0.39, 0.29) is 25.3 Å². The summed E-state index contributed by atoms with van der Waals surface area (Å²) in [4.78, 5) is 22.2. The molecule has 0 spiro atoms. The number of carbonyl (C=O) groups excluding carboxylic acids is 1. The van der Waals surface area contributed by atoms with E-state index in [1.54, 1.807) is 0 Å². The van der Waals surface area contributed by atoms with Gasteiger partial charge in [0, 0.05) is 18.5 Å². The number of benzene rings is 2. The monoisotopic (exact) mass is 385 g/mol. The lowest BCUT2D eigenvalue weighted by Gasteiger charge is -2.14. The van der Waals surface area contributed by atoms with Gasteiger partial charge in [0.1, 0.15) is 24.7 Å². The van der Waals surface area contributed by atoms with E-state index >= 15 is 0 Å². The van der Waals surface area contributed by atoms with Gasteiger partial charge in [0.15, 0.2) is 0 Å². The molecule has 150 valence electrons. The van der Waals surface area contributed by atoms with Crippen LogP contribution in [0.25, 0.3) is 0 Å². The Balaban J connectivity index is 1.85. The van der Waals surface area contributed by atoms with Crippen molar-refractivity contribution in [3.05, 3.63) is 58.7 Å². The smallest absolute Gasteiger partial charge is 0.303 e. The molecular weight excluding hydrogens is 358 g/mol. The Bertz CT molecular complexity index is 832. The van der Waals surface area contributed by atoms with E-state index in [9.17, 15) is 9.59 Å². The van der Waals surface area contributed by atoms with Crippen molar-refractivity contribution in [3.8, 4) is 11.5 Å². The summed E-state index contributed by atoms with van der Waals surface area (Å²) in [7, 11) is 0. The summed E-state index contributed by atoms with van der Waals surface area (Å²) in [5.74, 6) is 0.241. The summed E-state index contributed by atoms with van der Waals surface area (Å²) in [5, 5.41) is 11.3. The van der Waals surface area contributed by atoms with Crippen molar-refractivity contribution >= 4 is 11.9 Å². The van der Waals surface area contributed by atoms with Gasteiger partial charge in [-0.2, -0.15) is 0 Å². The van der Waals surface area contributed by atoms with Crippen molar-refractivity contribution in [2.24, 2.45) is 0 Å². The van der Waals surface area contributed by atoms with Crippen molar-refractivity contribution in [3.63, 3.8) is 0 Å². The van der Waals surface area contributed by atoms with Crippen molar-refractivity contribution in [2.45, 2.75) is 40.2 Å². The number of nitrogens with one attached hydrogen (secondary N) is 1. The SMILES string of the molecule is Cc1cc(C)c(C)c(OCCOc2ccccc2CNC(=O)CCC(=O)O)c1. The van der Waals surface area contributed by atoms with E-state index in [2.05, 4.69) is 18.3 Å². The van der Waals surface area contributed by atoms with Gasteiger partial charge in [-0.25, -0.2) is 0 Å². The van der Waals surface area contributed by atoms with Crippen LogP contribution < -0.4 is 14.8 Å². The Morgan fingerprint density at radius 2 is 1.64 bits per heavy atom. The van der Waals surface area contributed by atoms with Crippen molar-refractivity contribution in [1.29, 1.82) is 0 Å². The lowest BCUT2D eigenvalue weighted by Crippen LogP contribution is -2.23. The van der Waals surface area contributed by atoms with Gasteiger partial charge >= 0.3 is 5.97 Å². The molecule has 0 bridgehead atoms. The van der Waals surface area contributed by atoms with Crippen LogP contribution >= 0.6 is 0 Å². The molecule has 0 aliphatic carbocycles. The van der Waals surface area contributed by atoms with E-state index in [1.165, 1.54) is 5.56 Å². The quantitative estimate of drug-likeness (QED) is 0.611. The highest BCUT2D eigenvalue weighted by atomic mass is 16.5. The van der Waals surface area contributed by atoms with Crippen LogP contribution in [-0.4, -0.2) is 30.2 Å². The minimum Gasteiger partial charge on any atom is -0.490 e. The molecule has 2 aromatic rings. The number of ether oxygens (including phenoxy) is 2. The first kappa shape index (κ1) is 21.3. The molecule has 6 heteroatoms. The topological polar surface area (TPSA) is 84.9 Å². The van der Waals surface area contributed by atoms with Crippen LogP contribution in [0, 0.1) is 20.8 Å². The second kappa shape index (κ2) is 10.3. The van der Waals surface area contributed by atoms with Crippen molar-refractivity contribution in [1.82, 2.24) is 5.32 Å². The van der Waals surface area contributed by atoms with E-state index < -0.39 is 5.97 Å². The number of hydrogen-bond acceptors (Lipinski definition) is 4. The molecule has 6 nitrogen and oxygen atoms in total. The fourth-order valence-electron chi connectivity index (χ4n) is 2.75. The highest BCUT2D eigenvalue weighted by molar-refractivity contribution is 5.80. The van der Waals surface area contributed by atoms with Gasteiger partial charge in [-0.05, 0) is 49.6 Å². The molecule has 0 fully saturated rings. The lowest BCUT2D eigenvalue weighted by atomic mass is 10.1. The average molecular weight is 385 g/mol. The summed E-state index contributed by atoms with van der Waals surface area (Å²) in [6.45, 7) is 7.20. The maximum Gasteiger partial charge on any atom is 0.303 e. The van der Waals surface area contributed by atoms with Gasteiger partial charge in [-0.15, -0.1) is 0 Å². The fourth-order valence-corrected chi connectivity index (χ4v) is 2.75. The first-order chi connectivity index (χ1) is 13.4. The van der Waals surface area contributed by atoms with Crippen LogP contribution in [0.15, 0.2) is 36.4 Å². The third-order valence-electron chi connectivity index (χ3n) is 4.38. The third-order valence-corrected chi connectivity index (χ3v) is 4.38. The molecule has 2 rings (SSSR count). The average Bonchev–Trinajstić information content (AvgIpc) is 2.66. The van der Waals surface area contributed by atoms with E-state index in [1.807, 2.05) is 44.2 Å². The number of carboxylic acids is 1. The number of aliphatic carboxylic acids is 1. The maximum atomic E-state index is 11.7. The van der Waals surface area contributed by atoms with Gasteiger partial charge in [-0.3, -0.25) is 9.59 Å². The zero-order valence-electron chi connectivity index (χ0n) is 16.6. The molecule has 0 aliphatic heterocycles. The normalized spacial score (nSPS) is 10.4. The first-order valence-electron chi connectivity index (χ1n) is 9.26. The number of carboxylic acid groups (broad SMARTS) is 1. The zero-order valence-corrected chi connectivity index (χ0v) is 16.6. The lowest BCUT2D eigenvalue weighted by molar-refractivity contribution is -0.138. The van der Waals surface area contributed by atoms with E-state index in [0.29, 0.717) is 19.0 Å². The van der Waals surface area contributed by atoms with E-state index in [0.717, 1.165) is 22.4 Å². The summed E-state index contributed by atoms with van der Waals surface area (Å²) in [6.07, 6.45) is -0.222. The minimum atomic E-state index is -0.988. The highest BCUT2D eigenvalue weighted by Gasteiger charge is 2.08. The summed E-state index contributed by atoms with van der Waals surface area (Å²) < 4.78 is 11.7. The molecule has 0 atom stereocenters. The number of hydrogen-bond donors (Lipinski definition) is 2. The largest absolute Gasteiger partial charge is 0.490 e. The number of amides is 1. The molecule has 0 aliphatic rings.